The number of nitrogens with zero attached hydrogens (tertiary/aromatic N) is 3. The predicted octanol–water partition coefficient (Wildman–Crippen LogP) is 1.18. The first-order valence-electron chi connectivity index (χ1n) is 7.00. The number of urea groups is 1. The van der Waals surface area contributed by atoms with Crippen molar-refractivity contribution < 1.29 is 4.79 Å². The Hall–Kier alpha value is -1.10. The molecular weight excluding hydrogens is 228 g/mol. The maximum absolute atomic E-state index is 12.0. The van der Waals surface area contributed by atoms with E-state index in [4.69, 9.17) is 5.73 Å². The highest BCUT2D eigenvalue weighted by atomic mass is 16.2. The predicted molar refractivity (Wildman–Crippen MR) is 70.6 cm³/mol. The average molecular weight is 250 g/mol. The zero-order valence-electron chi connectivity index (χ0n) is 11.2. The third-order valence-corrected chi connectivity index (χ3v) is 4.55. The first kappa shape index (κ1) is 12.0. The fourth-order valence-electron chi connectivity index (χ4n) is 3.53. The van der Waals surface area contributed by atoms with E-state index < -0.39 is 0 Å². The van der Waals surface area contributed by atoms with E-state index >= 15 is 0 Å². The molecule has 1 aliphatic carbocycles. The first-order valence-corrected chi connectivity index (χ1v) is 7.00. The van der Waals surface area contributed by atoms with Gasteiger partial charge in [-0.3, -0.25) is 4.90 Å². The van der Waals surface area contributed by atoms with E-state index in [-0.39, 0.29) is 11.6 Å². The van der Waals surface area contributed by atoms with Crippen LogP contribution in [0.2, 0.25) is 0 Å². The zero-order chi connectivity index (χ0) is 12.9. The van der Waals surface area contributed by atoms with Gasteiger partial charge < -0.3 is 10.6 Å². The first-order chi connectivity index (χ1) is 8.58. The number of likely N-dealkylation sites (tertiary alicyclic amines) is 1. The minimum absolute atomic E-state index is 0.140. The van der Waals surface area contributed by atoms with Crippen LogP contribution in [0.3, 0.4) is 0 Å². The van der Waals surface area contributed by atoms with Crippen molar-refractivity contribution in [3.05, 3.63) is 0 Å². The zero-order valence-corrected chi connectivity index (χ0v) is 11.2. The van der Waals surface area contributed by atoms with Crippen molar-refractivity contribution in [2.75, 3.05) is 13.1 Å². The van der Waals surface area contributed by atoms with E-state index in [1.165, 1.54) is 12.8 Å². The monoisotopic (exact) mass is 250 g/mol. The van der Waals surface area contributed by atoms with Crippen molar-refractivity contribution in [3.8, 4) is 0 Å². The van der Waals surface area contributed by atoms with Crippen LogP contribution in [0, 0.1) is 0 Å². The second kappa shape index (κ2) is 3.95. The SMILES string of the molecule is CCCN1C(=O)N=C(N)C12CC(C)N(C1CC1)C2. The molecule has 1 saturated carbocycles. The van der Waals surface area contributed by atoms with Crippen LogP contribution in [0.15, 0.2) is 4.99 Å². The Morgan fingerprint density at radius 3 is 2.83 bits per heavy atom. The number of rotatable bonds is 3. The van der Waals surface area contributed by atoms with Gasteiger partial charge in [0.05, 0.1) is 0 Å². The summed E-state index contributed by atoms with van der Waals surface area (Å²) in [5.74, 6) is 0.538. The molecule has 1 spiro atoms. The van der Waals surface area contributed by atoms with Gasteiger partial charge in [-0.1, -0.05) is 6.92 Å². The lowest BCUT2D eigenvalue weighted by Crippen LogP contribution is -2.56. The van der Waals surface area contributed by atoms with Crippen molar-refractivity contribution in [2.24, 2.45) is 10.7 Å². The molecule has 2 unspecified atom stereocenters. The molecule has 0 radical (unpaired) electrons. The molecule has 2 aliphatic heterocycles. The summed E-state index contributed by atoms with van der Waals surface area (Å²) in [6.07, 6.45) is 4.47. The fourth-order valence-corrected chi connectivity index (χ4v) is 3.53. The minimum Gasteiger partial charge on any atom is -0.385 e. The van der Waals surface area contributed by atoms with Gasteiger partial charge in [0.15, 0.2) is 0 Å². The van der Waals surface area contributed by atoms with Crippen molar-refractivity contribution in [1.29, 1.82) is 0 Å². The lowest BCUT2D eigenvalue weighted by molar-refractivity contribution is 0.168. The smallest absolute Gasteiger partial charge is 0.346 e. The van der Waals surface area contributed by atoms with E-state index in [1.807, 2.05) is 4.90 Å². The Labute approximate surface area is 108 Å². The summed E-state index contributed by atoms with van der Waals surface area (Å²) in [5.41, 5.74) is 5.78. The van der Waals surface area contributed by atoms with E-state index in [2.05, 4.69) is 23.7 Å². The number of amidine groups is 1. The van der Waals surface area contributed by atoms with Gasteiger partial charge in [0.25, 0.3) is 0 Å². The van der Waals surface area contributed by atoms with Gasteiger partial charge in [-0.15, -0.1) is 0 Å². The molecule has 0 bridgehead atoms. The van der Waals surface area contributed by atoms with E-state index in [0.29, 0.717) is 17.9 Å². The standard InChI is InChI=1S/C13H22N4O/c1-3-6-17-12(18)15-11(14)13(17)7-9(2)16(8-13)10-4-5-10/h9-10H,3-8H2,1-2H3,(H2,14,15,18). The topological polar surface area (TPSA) is 61.9 Å². The maximum atomic E-state index is 12.0. The third kappa shape index (κ3) is 1.56. The summed E-state index contributed by atoms with van der Waals surface area (Å²) < 4.78 is 0. The van der Waals surface area contributed by atoms with E-state index in [1.54, 1.807) is 0 Å². The second-order valence-corrected chi connectivity index (χ2v) is 5.92. The van der Waals surface area contributed by atoms with Crippen molar-refractivity contribution in [2.45, 2.75) is 57.2 Å². The second-order valence-electron chi connectivity index (χ2n) is 5.92. The molecule has 2 atom stereocenters. The van der Waals surface area contributed by atoms with E-state index in [0.717, 1.165) is 25.9 Å². The normalized spacial score (nSPS) is 36.8. The molecule has 2 fully saturated rings. The van der Waals surface area contributed by atoms with Gasteiger partial charge in [0.2, 0.25) is 0 Å². The fraction of sp³-hybridized carbons (Fsp3) is 0.846. The summed E-state index contributed by atoms with van der Waals surface area (Å²) in [6, 6.07) is 1.07. The highest BCUT2D eigenvalue weighted by Crippen LogP contribution is 2.42. The number of carbonyl (C=O) groups is 1. The lowest BCUT2D eigenvalue weighted by Gasteiger charge is -2.34. The molecule has 100 valence electrons. The van der Waals surface area contributed by atoms with Crippen LogP contribution in [0.5, 0.6) is 0 Å². The molecule has 2 heterocycles. The Morgan fingerprint density at radius 1 is 1.50 bits per heavy atom. The number of hydrogen-bond acceptors (Lipinski definition) is 3. The van der Waals surface area contributed by atoms with Crippen LogP contribution in [-0.2, 0) is 0 Å². The van der Waals surface area contributed by atoms with Crippen LogP contribution < -0.4 is 5.73 Å². The van der Waals surface area contributed by atoms with Crippen LogP contribution in [0.4, 0.5) is 4.79 Å². The Morgan fingerprint density at radius 2 is 2.22 bits per heavy atom. The van der Waals surface area contributed by atoms with Crippen LogP contribution in [0.1, 0.15) is 39.5 Å². The molecule has 2 amide bonds. The molecule has 0 aromatic heterocycles. The Kier molecular flexibility index (Phi) is 2.62. The molecule has 5 heteroatoms. The third-order valence-electron chi connectivity index (χ3n) is 4.55. The van der Waals surface area contributed by atoms with E-state index in [9.17, 15) is 4.79 Å². The van der Waals surface area contributed by atoms with Gasteiger partial charge >= 0.3 is 6.03 Å². The van der Waals surface area contributed by atoms with Crippen molar-refractivity contribution in [1.82, 2.24) is 9.80 Å². The van der Waals surface area contributed by atoms with Crippen LogP contribution in [-0.4, -0.2) is 52.4 Å². The average Bonchev–Trinajstić information content (AvgIpc) is 3.06. The summed E-state index contributed by atoms with van der Waals surface area (Å²) >= 11 is 0. The molecule has 18 heavy (non-hydrogen) atoms. The number of nitrogens with two attached hydrogens (primary N) is 1. The molecule has 1 saturated heterocycles. The summed E-state index contributed by atoms with van der Waals surface area (Å²) in [7, 11) is 0. The number of aliphatic imine (C=N–C) groups is 1. The van der Waals surface area contributed by atoms with Gasteiger partial charge in [-0.2, -0.15) is 4.99 Å². The molecule has 0 aromatic carbocycles. The van der Waals surface area contributed by atoms with Crippen molar-refractivity contribution in [3.63, 3.8) is 0 Å². The van der Waals surface area contributed by atoms with Gasteiger partial charge in [-0.25, -0.2) is 4.79 Å². The van der Waals surface area contributed by atoms with Crippen molar-refractivity contribution >= 4 is 11.9 Å². The molecule has 3 rings (SSSR count). The number of carbonyl (C=O) groups excluding carboxylic acids is 1. The molecular formula is C13H22N4O. The highest BCUT2D eigenvalue weighted by Gasteiger charge is 2.56. The maximum Gasteiger partial charge on any atom is 0.346 e. The summed E-state index contributed by atoms with van der Waals surface area (Å²) in [5, 5.41) is 0. The minimum atomic E-state index is -0.310. The molecule has 0 aromatic rings. The molecule has 5 nitrogen and oxygen atoms in total. The summed E-state index contributed by atoms with van der Waals surface area (Å²) in [4.78, 5) is 20.4. The van der Waals surface area contributed by atoms with Crippen LogP contribution >= 0.6 is 0 Å². The number of hydrogen-bond donors (Lipinski definition) is 1. The quantitative estimate of drug-likeness (QED) is 0.818. The number of amides is 2. The van der Waals surface area contributed by atoms with Crippen LogP contribution in [0.25, 0.3) is 0 Å². The largest absolute Gasteiger partial charge is 0.385 e. The Bertz CT molecular complexity index is 404. The summed E-state index contributed by atoms with van der Waals surface area (Å²) in [6.45, 7) is 5.97. The van der Waals surface area contributed by atoms with Gasteiger partial charge in [0.1, 0.15) is 11.4 Å². The highest BCUT2D eigenvalue weighted by molar-refractivity contribution is 6.06. The van der Waals surface area contributed by atoms with Gasteiger partial charge in [0, 0.05) is 25.2 Å². The molecule has 2 N–H and O–H groups in total. The Balaban J connectivity index is 1.88. The van der Waals surface area contributed by atoms with Gasteiger partial charge in [-0.05, 0) is 32.6 Å². The molecule has 3 aliphatic rings. The lowest BCUT2D eigenvalue weighted by atomic mass is 9.93.